The highest BCUT2D eigenvalue weighted by Crippen LogP contribution is 2.15. The number of pyridine rings is 1. The van der Waals surface area contributed by atoms with Crippen LogP contribution in [0.3, 0.4) is 0 Å². The first-order valence-corrected chi connectivity index (χ1v) is 5.96. The summed E-state index contributed by atoms with van der Waals surface area (Å²) in [6, 6.07) is 11.9. The Morgan fingerprint density at radius 2 is 1.94 bits per heavy atom. The third-order valence-electron chi connectivity index (χ3n) is 2.74. The van der Waals surface area contributed by atoms with Crippen LogP contribution in [0.15, 0.2) is 47.4 Å². The average Bonchev–Trinajstić information content (AvgIpc) is 2.40. The van der Waals surface area contributed by atoms with Gasteiger partial charge in [-0.2, -0.15) is 0 Å². The Labute approximate surface area is 105 Å². The first-order valence-electron chi connectivity index (χ1n) is 5.96. The molecule has 3 N–H and O–H groups in total. The van der Waals surface area contributed by atoms with Gasteiger partial charge in [-0.1, -0.05) is 30.3 Å². The molecule has 18 heavy (non-hydrogen) atoms. The monoisotopic (exact) mass is 244 g/mol. The van der Waals surface area contributed by atoms with E-state index in [-0.39, 0.29) is 5.75 Å². The normalized spacial score (nSPS) is 10.2. The number of benzene rings is 1. The highest BCUT2D eigenvalue weighted by atomic mass is 16.3. The number of hydrogen-bond donors (Lipinski definition) is 3. The predicted molar refractivity (Wildman–Crippen MR) is 72.0 cm³/mol. The van der Waals surface area contributed by atoms with Gasteiger partial charge in [-0.15, -0.1) is 0 Å². The second-order valence-corrected chi connectivity index (χ2v) is 4.09. The van der Waals surface area contributed by atoms with Crippen molar-refractivity contribution in [3.05, 3.63) is 58.5 Å². The minimum absolute atomic E-state index is 0.253. The van der Waals surface area contributed by atoms with Gasteiger partial charge in [0.1, 0.15) is 0 Å². The fourth-order valence-corrected chi connectivity index (χ4v) is 1.77. The molecule has 0 bridgehead atoms. The van der Waals surface area contributed by atoms with E-state index in [1.807, 2.05) is 18.2 Å². The molecule has 0 aliphatic heterocycles. The molecular formula is C14H16N2O2. The smallest absolute Gasteiger partial charge is 0.292 e. The van der Waals surface area contributed by atoms with Crippen molar-refractivity contribution in [1.29, 1.82) is 0 Å². The summed E-state index contributed by atoms with van der Waals surface area (Å²) in [4.78, 5) is 13.6. The molecule has 0 spiro atoms. The van der Waals surface area contributed by atoms with E-state index in [1.165, 1.54) is 11.8 Å². The van der Waals surface area contributed by atoms with E-state index in [9.17, 15) is 9.90 Å². The zero-order valence-corrected chi connectivity index (χ0v) is 10.0. The van der Waals surface area contributed by atoms with Crippen LogP contribution in [0, 0.1) is 0 Å². The van der Waals surface area contributed by atoms with Crippen molar-refractivity contribution in [3.63, 3.8) is 0 Å². The predicted octanol–water partition coefficient (Wildman–Crippen LogP) is 2.13. The van der Waals surface area contributed by atoms with Crippen LogP contribution in [0.2, 0.25) is 0 Å². The molecular weight excluding hydrogens is 228 g/mol. The highest BCUT2D eigenvalue weighted by Gasteiger charge is 2.03. The number of nitrogens with one attached hydrogen (secondary N) is 2. The van der Waals surface area contributed by atoms with Crippen molar-refractivity contribution < 1.29 is 5.11 Å². The van der Waals surface area contributed by atoms with Gasteiger partial charge in [0.2, 0.25) is 5.75 Å². The lowest BCUT2D eigenvalue weighted by atomic mass is 10.1. The van der Waals surface area contributed by atoms with Gasteiger partial charge in [0, 0.05) is 12.7 Å². The van der Waals surface area contributed by atoms with Crippen molar-refractivity contribution in [3.8, 4) is 5.75 Å². The molecule has 1 aromatic carbocycles. The van der Waals surface area contributed by atoms with E-state index < -0.39 is 5.56 Å². The molecule has 0 aliphatic carbocycles. The Morgan fingerprint density at radius 1 is 1.17 bits per heavy atom. The number of aromatic amines is 1. The SMILES string of the molecule is O=c1[nH]ccc(NCCCc2ccccc2)c1O. The van der Waals surface area contributed by atoms with E-state index in [0.29, 0.717) is 12.2 Å². The first-order chi connectivity index (χ1) is 8.77. The van der Waals surface area contributed by atoms with E-state index in [2.05, 4.69) is 22.4 Å². The van der Waals surface area contributed by atoms with Gasteiger partial charge in [-0.25, -0.2) is 0 Å². The third-order valence-corrected chi connectivity index (χ3v) is 2.74. The van der Waals surface area contributed by atoms with Gasteiger partial charge in [0.25, 0.3) is 5.56 Å². The lowest BCUT2D eigenvalue weighted by Gasteiger charge is -2.07. The quantitative estimate of drug-likeness (QED) is 0.706. The molecule has 0 saturated heterocycles. The molecule has 0 radical (unpaired) electrons. The molecule has 0 saturated carbocycles. The molecule has 0 unspecified atom stereocenters. The second kappa shape index (κ2) is 5.91. The van der Waals surface area contributed by atoms with Crippen LogP contribution in [0.1, 0.15) is 12.0 Å². The van der Waals surface area contributed by atoms with Crippen LogP contribution < -0.4 is 10.9 Å². The zero-order valence-electron chi connectivity index (χ0n) is 10.0. The van der Waals surface area contributed by atoms with Crippen LogP contribution in [0.25, 0.3) is 0 Å². The van der Waals surface area contributed by atoms with Gasteiger partial charge in [-0.05, 0) is 24.5 Å². The van der Waals surface area contributed by atoms with E-state index >= 15 is 0 Å². The summed E-state index contributed by atoms with van der Waals surface area (Å²) in [6.07, 6.45) is 3.43. The topological polar surface area (TPSA) is 65.1 Å². The summed E-state index contributed by atoms with van der Waals surface area (Å²) in [7, 11) is 0. The van der Waals surface area contributed by atoms with Crippen LogP contribution in [0.4, 0.5) is 5.69 Å². The molecule has 2 rings (SSSR count). The second-order valence-electron chi connectivity index (χ2n) is 4.09. The molecule has 0 amide bonds. The van der Waals surface area contributed by atoms with Crippen molar-refractivity contribution in [2.75, 3.05) is 11.9 Å². The highest BCUT2D eigenvalue weighted by molar-refractivity contribution is 5.53. The maximum absolute atomic E-state index is 11.1. The average molecular weight is 244 g/mol. The minimum Gasteiger partial charge on any atom is -0.502 e. The zero-order chi connectivity index (χ0) is 12.8. The van der Waals surface area contributed by atoms with Gasteiger partial charge in [0.05, 0.1) is 5.69 Å². The number of anilines is 1. The molecule has 1 heterocycles. The number of hydrogen-bond acceptors (Lipinski definition) is 3. The summed E-state index contributed by atoms with van der Waals surface area (Å²) in [5, 5.41) is 12.6. The van der Waals surface area contributed by atoms with Gasteiger partial charge < -0.3 is 15.4 Å². The fraction of sp³-hybridized carbons (Fsp3) is 0.214. The van der Waals surface area contributed by atoms with Crippen LogP contribution in [-0.4, -0.2) is 16.6 Å². The van der Waals surface area contributed by atoms with Crippen molar-refractivity contribution in [2.45, 2.75) is 12.8 Å². The largest absolute Gasteiger partial charge is 0.502 e. The Kier molecular flexibility index (Phi) is 4.02. The minimum atomic E-state index is -0.469. The van der Waals surface area contributed by atoms with Crippen molar-refractivity contribution in [2.24, 2.45) is 0 Å². The number of aromatic nitrogens is 1. The maximum Gasteiger partial charge on any atom is 0.292 e. The van der Waals surface area contributed by atoms with E-state index in [0.717, 1.165) is 12.8 Å². The summed E-state index contributed by atoms with van der Waals surface area (Å²) in [6.45, 7) is 0.714. The Morgan fingerprint density at radius 3 is 2.72 bits per heavy atom. The fourth-order valence-electron chi connectivity index (χ4n) is 1.77. The molecule has 1 aromatic heterocycles. The standard InChI is InChI=1S/C14H16N2O2/c17-13-12(8-10-16-14(13)18)15-9-4-7-11-5-2-1-3-6-11/h1-3,5-6,8,10,17H,4,7,9H2,(H2,15,16,18). The summed E-state index contributed by atoms with van der Waals surface area (Å²) >= 11 is 0. The van der Waals surface area contributed by atoms with E-state index in [4.69, 9.17) is 0 Å². The van der Waals surface area contributed by atoms with Crippen molar-refractivity contribution in [1.82, 2.24) is 4.98 Å². The summed E-state index contributed by atoms with van der Waals surface area (Å²) < 4.78 is 0. The summed E-state index contributed by atoms with van der Waals surface area (Å²) in [5.41, 5.74) is 1.30. The molecule has 0 aliphatic rings. The van der Waals surface area contributed by atoms with Gasteiger partial charge >= 0.3 is 0 Å². The molecule has 4 nitrogen and oxygen atoms in total. The lowest BCUT2D eigenvalue weighted by Crippen LogP contribution is -2.09. The van der Waals surface area contributed by atoms with Crippen LogP contribution in [0.5, 0.6) is 5.75 Å². The maximum atomic E-state index is 11.1. The number of H-pyrrole nitrogens is 1. The van der Waals surface area contributed by atoms with Gasteiger partial charge in [0.15, 0.2) is 0 Å². The van der Waals surface area contributed by atoms with Gasteiger partial charge in [-0.3, -0.25) is 4.79 Å². The number of aromatic hydroxyl groups is 1. The van der Waals surface area contributed by atoms with Crippen molar-refractivity contribution >= 4 is 5.69 Å². The lowest BCUT2D eigenvalue weighted by molar-refractivity contribution is 0.468. The number of aryl methyl sites for hydroxylation is 1. The molecule has 4 heteroatoms. The summed E-state index contributed by atoms with van der Waals surface area (Å²) in [5.74, 6) is -0.253. The van der Waals surface area contributed by atoms with E-state index in [1.54, 1.807) is 6.07 Å². The first kappa shape index (κ1) is 12.2. The third kappa shape index (κ3) is 3.13. The van der Waals surface area contributed by atoms with Crippen LogP contribution in [-0.2, 0) is 6.42 Å². The Bertz CT molecular complexity index is 549. The Hall–Kier alpha value is -2.23. The molecule has 0 atom stereocenters. The molecule has 94 valence electrons. The number of rotatable bonds is 5. The Balaban J connectivity index is 1.82. The molecule has 0 fully saturated rings. The van der Waals surface area contributed by atoms with Crippen LogP contribution >= 0.6 is 0 Å². The molecule has 2 aromatic rings.